The van der Waals surface area contributed by atoms with E-state index in [2.05, 4.69) is 27.2 Å². The number of rotatable bonds is 9. The van der Waals surface area contributed by atoms with E-state index in [1.807, 2.05) is 11.9 Å². The summed E-state index contributed by atoms with van der Waals surface area (Å²) < 4.78 is 5.61. The van der Waals surface area contributed by atoms with Crippen LogP contribution in [0, 0.1) is 5.92 Å². The summed E-state index contributed by atoms with van der Waals surface area (Å²) in [7, 11) is 1.93. The fourth-order valence-corrected chi connectivity index (χ4v) is 1.82. The van der Waals surface area contributed by atoms with Crippen molar-refractivity contribution in [3.8, 4) is 0 Å². The van der Waals surface area contributed by atoms with Crippen molar-refractivity contribution in [2.75, 3.05) is 43.6 Å². The molecule has 0 spiro atoms. The number of hydrogen-bond donors (Lipinski definition) is 1. The molecule has 2 rings (SSSR count). The summed E-state index contributed by atoms with van der Waals surface area (Å²) in [5.74, 6) is 1.88. The zero-order valence-electron chi connectivity index (χ0n) is 12.1. The van der Waals surface area contributed by atoms with E-state index in [0.717, 1.165) is 32.0 Å². The van der Waals surface area contributed by atoms with Crippen molar-refractivity contribution >= 4 is 23.5 Å². The molecule has 1 N–H and O–H groups in total. The van der Waals surface area contributed by atoms with E-state index in [4.69, 9.17) is 16.3 Å². The van der Waals surface area contributed by atoms with Crippen LogP contribution in [-0.2, 0) is 4.74 Å². The number of nitrogens with one attached hydrogen (secondary N) is 1. The van der Waals surface area contributed by atoms with Gasteiger partial charge in [0.2, 0.25) is 17.2 Å². The lowest BCUT2D eigenvalue weighted by Crippen LogP contribution is -2.25. The van der Waals surface area contributed by atoms with Crippen LogP contribution in [0.25, 0.3) is 0 Å². The topological polar surface area (TPSA) is 63.2 Å². The van der Waals surface area contributed by atoms with Crippen molar-refractivity contribution in [1.82, 2.24) is 15.0 Å². The number of likely N-dealkylation sites (N-methyl/N-ethyl adjacent to an activating group) is 1. The summed E-state index contributed by atoms with van der Waals surface area (Å²) in [5, 5.41) is 3.32. The predicted molar refractivity (Wildman–Crippen MR) is 80.4 cm³/mol. The average molecular weight is 300 g/mol. The molecule has 1 heterocycles. The number of anilines is 2. The van der Waals surface area contributed by atoms with Crippen molar-refractivity contribution in [1.29, 1.82) is 0 Å². The largest absolute Gasteiger partial charge is 0.379 e. The predicted octanol–water partition coefficient (Wildman–Crippen LogP) is 2.21. The monoisotopic (exact) mass is 299 g/mol. The van der Waals surface area contributed by atoms with Crippen LogP contribution in [-0.4, -0.2) is 48.3 Å². The Hall–Kier alpha value is -1.14. The van der Waals surface area contributed by atoms with Gasteiger partial charge in [0.15, 0.2) is 0 Å². The number of halogens is 1. The molecular weight excluding hydrogens is 278 g/mol. The van der Waals surface area contributed by atoms with Gasteiger partial charge in [0.1, 0.15) is 0 Å². The molecule has 0 saturated heterocycles. The van der Waals surface area contributed by atoms with E-state index >= 15 is 0 Å². The van der Waals surface area contributed by atoms with Gasteiger partial charge in [-0.25, -0.2) is 0 Å². The third-order valence-corrected chi connectivity index (χ3v) is 3.26. The Balaban J connectivity index is 1.83. The van der Waals surface area contributed by atoms with Crippen LogP contribution in [0.1, 0.15) is 26.2 Å². The van der Waals surface area contributed by atoms with Gasteiger partial charge in [-0.05, 0) is 36.8 Å². The van der Waals surface area contributed by atoms with Crippen molar-refractivity contribution in [2.24, 2.45) is 5.92 Å². The van der Waals surface area contributed by atoms with Gasteiger partial charge in [0.25, 0.3) is 0 Å². The molecule has 20 heavy (non-hydrogen) atoms. The van der Waals surface area contributed by atoms with E-state index in [1.54, 1.807) is 0 Å². The average Bonchev–Trinajstić information content (AvgIpc) is 3.24. The molecule has 0 unspecified atom stereocenters. The summed E-state index contributed by atoms with van der Waals surface area (Å²) in [6.07, 6.45) is 3.63. The van der Waals surface area contributed by atoms with Crippen LogP contribution in [0.3, 0.4) is 0 Å². The molecule has 0 aromatic carbocycles. The third kappa shape index (κ3) is 5.09. The van der Waals surface area contributed by atoms with Crippen LogP contribution < -0.4 is 10.2 Å². The smallest absolute Gasteiger partial charge is 0.231 e. The molecule has 7 heteroatoms. The lowest BCUT2D eigenvalue weighted by Gasteiger charge is -2.17. The highest BCUT2D eigenvalue weighted by atomic mass is 35.5. The second kappa shape index (κ2) is 7.59. The standard InChI is InChI=1S/C13H22ClN5O/c1-3-6-15-12-16-11(14)17-13(18-12)19(2)7-8-20-9-10-4-5-10/h10H,3-9H2,1-2H3,(H,15,16,17,18). The number of aromatic nitrogens is 3. The van der Waals surface area contributed by atoms with E-state index < -0.39 is 0 Å². The highest BCUT2D eigenvalue weighted by Crippen LogP contribution is 2.28. The molecule has 1 fully saturated rings. The first-order chi connectivity index (χ1) is 9.69. The van der Waals surface area contributed by atoms with E-state index in [9.17, 15) is 0 Å². The van der Waals surface area contributed by atoms with Crippen molar-refractivity contribution in [3.05, 3.63) is 5.28 Å². The van der Waals surface area contributed by atoms with Gasteiger partial charge in [-0.2, -0.15) is 15.0 Å². The molecule has 0 radical (unpaired) electrons. The van der Waals surface area contributed by atoms with Crippen molar-refractivity contribution in [3.63, 3.8) is 0 Å². The molecule has 1 saturated carbocycles. The minimum absolute atomic E-state index is 0.208. The fraction of sp³-hybridized carbons (Fsp3) is 0.769. The van der Waals surface area contributed by atoms with Gasteiger partial charge in [0.05, 0.1) is 6.61 Å². The lowest BCUT2D eigenvalue weighted by molar-refractivity contribution is 0.130. The lowest BCUT2D eigenvalue weighted by atomic mass is 10.5. The maximum atomic E-state index is 5.92. The molecule has 112 valence electrons. The van der Waals surface area contributed by atoms with Crippen LogP contribution in [0.2, 0.25) is 5.28 Å². The Morgan fingerprint density at radius 1 is 1.35 bits per heavy atom. The SMILES string of the molecule is CCCNc1nc(Cl)nc(N(C)CCOCC2CC2)n1. The second-order valence-corrected chi connectivity index (χ2v) is 5.43. The number of nitrogens with zero attached hydrogens (tertiary/aromatic N) is 4. The zero-order valence-corrected chi connectivity index (χ0v) is 12.9. The highest BCUT2D eigenvalue weighted by molar-refractivity contribution is 6.28. The molecule has 0 amide bonds. The van der Waals surface area contributed by atoms with Gasteiger partial charge in [-0.3, -0.25) is 0 Å². The zero-order chi connectivity index (χ0) is 14.4. The summed E-state index contributed by atoms with van der Waals surface area (Å²) in [5.41, 5.74) is 0. The van der Waals surface area contributed by atoms with Crippen LogP contribution in [0.5, 0.6) is 0 Å². The Morgan fingerprint density at radius 2 is 2.15 bits per heavy atom. The summed E-state index contributed by atoms with van der Waals surface area (Å²) in [6.45, 7) is 5.18. The Kier molecular flexibility index (Phi) is 5.79. The minimum atomic E-state index is 0.208. The van der Waals surface area contributed by atoms with Crippen molar-refractivity contribution < 1.29 is 4.74 Å². The van der Waals surface area contributed by atoms with Gasteiger partial charge in [-0.1, -0.05) is 6.92 Å². The van der Waals surface area contributed by atoms with Crippen LogP contribution in [0.4, 0.5) is 11.9 Å². The quantitative estimate of drug-likeness (QED) is 0.705. The van der Waals surface area contributed by atoms with E-state index in [1.165, 1.54) is 12.8 Å². The number of ether oxygens (including phenoxy) is 1. The van der Waals surface area contributed by atoms with E-state index in [-0.39, 0.29) is 5.28 Å². The van der Waals surface area contributed by atoms with Gasteiger partial charge in [-0.15, -0.1) is 0 Å². The molecule has 0 atom stereocenters. The molecule has 1 aromatic heterocycles. The maximum absolute atomic E-state index is 5.92. The first kappa shape index (κ1) is 15.3. The third-order valence-electron chi connectivity index (χ3n) is 3.09. The van der Waals surface area contributed by atoms with E-state index in [0.29, 0.717) is 18.5 Å². The molecule has 0 bridgehead atoms. The normalized spacial score (nSPS) is 14.3. The number of hydrogen-bond acceptors (Lipinski definition) is 6. The summed E-state index contributed by atoms with van der Waals surface area (Å²) >= 11 is 5.92. The first-order valence-corrected chi connectivity index (χ1v) is 7.51. The Bertz CT molecular complexity index is 427. The first-order valence-electron chi connectivity index (χ1n) is 7.13. The molecular formula is C13H22ClN5O. The fourth-order valence-electron chi connectivity index (χ4n) is 1.66. The Labute approximate surface area is 124 Å². The Morgan fingerprint density at radius 3 is 2.85 bits per heavy atom. The summed E-state index contributed by atoms with van der Waals surface area (Å²) in [6, 6.07) is 0. The summed E-state index contributed by atoms with van der Waals surface area (Å²) in [4.78, 5) is 14.5. The molecule has 0 aliphatic heterocycles. The van der Waals surface area contributed by atoms with Gasteiger partial charge < -0.3 is 15.0 Å². The molecule has 6 nitrogen and oxygen atoms in total. The van der Waals surface area contributed by atoms with Crippen LogP contribution in [0.15, 0.2) is 0 Å². The second-order valence-electron chi connectivity index (χ2n) is 5.09. The molecule has 1 aliphatic rings. The van der Waals surface area contributed by atoms with Gasteiger partial charge in [0, 0.05) is 26.7 Å². The maximum Gasteiger partial charge on any atom is 0.231 e. The molecule has 1 aromatic rings. The molecule has 1 aliphatic carbocycles. The van der Waals surface area contributed by atoms with Crippen LogP contribution >= 0.6 is 11.6 Å². The highest BCUT2D eigenvalue weighted by Gasteiger charge is 2.21. The minimum Gasteiger partial charge on any atom is -0.379 e. The van der Waals surface area contributed by atoms with Gasteiger partial charge >= 0.3 is 0 Å². The van der Waals surface area contributed by atoms with Crippen molar-refractivity contribution in [2.45, 2.75) is 26.2 Å².